The predicted molar refractivity (Wildman–Crippen MR) is 47.4 cm³/mol. The van der Waals surface area contributed by atoms with Crippen molar-refractivity contribution in [2.75, 3.05) is 0 Å². The first-order chi connectivity index (χ1) is 5.97. The van der Waals surface area contributed by atoms with Gasteiger partial charge in [-0.2, -0.15) is 0 Å². The molecule has 1 nitrogen and oxygen atoms in total. The maximum atomic E-state index is 11.7. The summed E-state index contributed by atoms with van der Waals surface area (Å²) in [5.41, 5.74) is 0.378. The molecule has 6 heteroatoms. The van der Waals surface area contributed by atoms with Crippen LogP contribution in [-0.2, 0) is 0 Å². The van der Waals surface area contributed by atoms with E-state index in [0.717, 1.165) is 6.08 Å². The highest BCUT2D eigenvalue weighted by Gasteiger charge is 2.16. The number of hydrogen-bond donors (Lipinski definition) is 0. The van der Waals surface area contributed by atoms with Crippen LogP contribution in [0.4, 0.5) is 12.9 Å². The monoisotopic (exact) mass is 206 g/mol. The predicted octanol–water partition coefficient (Wildman–Crippen LogP) is 3.13. The third-order valence-electron chi connectivity index (χ3n) is 1.26. The van der Waals surface area contributed by atoms with Crippen molar-refractivity contribution in [3.8, 4) is 0 Å². The molecule has 0 unspecified atom stereocenters. The van der Waals surface area contributed by atoms with E-state index in [4.69, 9.17) is 11.6 Å². The molecule has 0 aliphatic rings. The van der Waals surface area contributed by atoms with Crippen LogP contribution < -0.4 is 0 Å². The van der Waals surface area contributed by atoms with Crippen LogP contribution in [0.3, 0.4) is 0 Å². The summed E-state index contributed by atoms with van der Waals surface area (Å²) in [6, 6.07) is 2.90. The summed E-state index contributed by atoms with van der Waals surface area (Å²) in [5.74, 6) is 0.213. The Morgan fingerprint density at radius 2 is 2.00 bits per heavy atom. The molecule has 0 radical (unpaired) electrons. The van der Waals surface area contributed by atoms with Crippen LogP contribution >= 0.6 is 11.6 Å². The molecule has 13 heavy (non-hydrogen) atoms. The van der Waals surface area contributed by atoms with E-state index in [1.54, 1.807) is 0 Å². The fraction of sp³-hybridized carbons (Fsp3) is 0. The lowest BCUT2D eigenvalue weighted by molar-refractivity contribution is 0.499. The minimum absolute atomic E-state index is 0.213. The van der Waals surface area contributed by atoms with Crippen LogP contribution in [0, 0.1) is 0 Å². The molecular weight excluding hydrogens is 201 g/mol. The van der Waals surface area contributed by atoms with E-state index < -0.39 is 6.98 Å². The number of nitrogens with zero attached hydrogens (tertiary/aromatic N) is 1. The van der Waals surface area contributed by atoms with Crippen LogP contribution in [0.25, 0.3) is 6.08 Å². The second kappa shape index (κ2) is 3.83. The maximum absolute atomic E-state index is 11.7. The zero-order valence-electron chi connectivity index (χ0n) is 6.42. The quantitative estimate of drug-likeness (QED) is 0.535. The third-order valence-corrected chi connectivity index (χ3v) is 1.48. The molecule has 0 aromatic carbocycles. The van der Waals surface area contributed by atoms with Gasteiger partial charge in [0, 0.05) is 6.20 Å². The van der Waals surface area contributed by atoms with Gasteiger partial charge in [0.15, 0.2) is 0 Å². The first kappa shape index (κ1) is 10.1. The molecule has 70 valence electrons. The van der Waals surface area contributed by atoms with Gasteiger partial charge in [0.2, 0.25) is 0 Å². The van der Waals surface area contributed by atoms with Crippen molar-refractivity contribution >= 4 is 24.7 Å². The van der Waals surface area contributed by atoms with Crippen molar-refractivity contribution in [3.63, 3.8) is 0 Å². The van der Waals surface area contributed by atoms with Crippen LogP contribution in [0.15, 0.2) is 24.3 Å². The number of rotatable bonds is 2. The normalized spacial score (nSPS) is 12.3. The van der Waals surface area contributed by atoms with Gasteiger partial charge in [0.1, 0.15) is 5.15 Å². The van der Waals surface area contributed by atoms with Gasteiger partial charge >= 0.3 is 6.98 Å². The molecule has 0 fully saturated rings. The third kappa shape index (κ3) is 3.98. The molecule has 0 amide bonds. The molecule has 0 saturated carbocycles. The first-order valence-electron chi connectivity index (χ1n) is 3.48. The first-order valence-corrected chi connectivity index (χ1v) is 3.86. The zero-order valence-corrected chi connectivity index (χ0v) is 7.18. The van der Waals surface area contributed by atoms with E-state index in [2.05, 4.69) is 4.98 Å². The molecule has 0 bridgehead atoms. The van der Waals surface area contributed by atoms with E-state index in [0.29, 0.717) is 5.56 Å². The largest absolute Gasteiger partial charge is 0.502 e. The minimum atomic E-state index is -4.88. The molecule has 1 aromatic heterocycles. The highest BCUT2D eigenvalue weighted by Crippen LogP contribution is 2.13. The standard InChI is InChI=1S/C7H5BClF3N/c9-7-2-1-6(5-13-7)3-4-8(10,11)12/h1-5H/q-1/b4-3+. The summed E-state index contributed by atoms with van der Waals surface area (Å²) in [5, 5.41) is 0.259. The van der Waals surface area contributed by atoms with Crippen molar-refractivity contribution in [2.24, 2.45) is 0 Å². The summed E-state index contributed by atoms with van der Waals surface area (Å²) >= 11 is 5.45. The van der Waals surface area contributed by atoms with E-state index >= 15 is 0 Å². The molecule has 1 aromatic rings. The van der Waals surface area contributed by atoms with Gasteiger partial charge < -0.3 is 12.9 Å². The van der Waals surface area contributed by atoms with Crippen LogP contribution in [-0.4, -0.2) is 12.0 Å². The summed E-state index contributed by atoms with van der Waals surface area (Å²) in [6.07, 6.45) is 2.24. The number of hydrogen-bond acceptors (Lipinski definition) is 1. The van der Waals surface area contributed by atoms with Gasteiger partial charge in [-0.1, -0.05) is 23.7 Å². The fourth-order valence-corrected chi connectivity index (χ4v) is 0.818. The summed E-state index contributed by atoms with van der Waals surface area (Å²) in [4.78, 5) is 3.63. The van der Waals surface area contributed by atoms with Gasteiger partial charge in [-0.05, 0) is 11.6 Å². The number of halogens is 4. The van der Waals surface area contributed by atoms with Gasteiger partial charge in [0.25, 0.3) is 0 Å². The molecule has 0 aliphatic carbocycles. The molecule has 0 N–H and O–H groups in total. The zero-order chi connectivity index (χ0) is 9.90. The molecule has 1 heterocycles. The average molecular weight is 206 g/mol. The van der Waals surface area contributed by atoms with Gasteiger partial charge in [-0.15, -0.1) is 5.98 Å². The fourth-order valence-electron chi connectivity index (χ4n) is 0.706. The lowest BCUT2D eigenvalue weighted by atomic mass is 9.91. The van der Waals surface area contributed by atoms with Gasteiger partial charge in [-0.3, -0.25) is 0 Å². The van der Waals surface area contributed by atoms with E-state index in [1.807, 2.05) is 0 Å². The smallest absolute Gasteiger partial charge is 0.445 e. The van der Waals surface area contributed by atoms with Gasteiger partial charge in [0.05, 0.1) is 0 Å². The second-order valence-electron chi connectivity index (χ2n) is 2.40. The Morgan fingerprint density at radius 3 is 2.46 bits per heavy atom. The summed E-state index contributed by atoms with van der Waals surface area (Å²) in [6.45, 7) is -4.88. The van der Waals surface area contributed by atoms with Crippen molar-refractivity contribution in [2.45, 2.75) is 0 Å². The summed E-state index contributed by atoms with van der Waals surface area (Å²) in [7, 11) is 0. The van der Waals surface area contributed by atoms with Crippen LogP contribution in [0.1, 0.15) is 5.56 Å². The van der Waals surface area contributed by atoms with Crippen molar-refractivity contribution in [3.05, 3.63) is 35.0 Å². The number of pyridine rings is 1. The molecule has 0 atom stereocenters. The van der Waals surface area contributed by atoms with E-state index in [1.165, 1.54) is 18.3 Å². The lowest BCUT2D eigenvalue weighted by Crippen LogP contribution is -2.09. The van der Waals surface area contributed by atoms with Crippen LogP contribution in [0.2, 0.25) is 5.15 Å². The molecule has 0 aliphatic heterocycles. The van der Waals surface area contributed by atoms with Crippen molar-refractivity contribution in [1.82, 2.24) is 4.98 Å². The Morgan fingerprint density at radius 1 is 1.31 bits per heavy atom. The molecule has 1 rings (SSSR count). The highest BCUT2D eigenvalue weighted by atomic mass is 35.5. The Kier molecular flexibility index (Phi) is 2.98. The second-order valence-corrected chi connectivity index (χ2v) is 2.79. The van der Waals surface area contributed by atoms with Gasteiger partial charge in [-0.25, -0.2) is 4.98 Å². The van der Waals surface area contributed by atoms with Crippen molar-refractivity contribution < 1.29 is 12.9 Å². The SMILES string of the molecule is F[B-](F)(F)/C=C/c1ccc(Cl)nc1. The molecule has 0 spiro atoms. The number of aromatic nitrogens is 1. The van der Waals surface area contributed by atoms with E-state index in [-0.39, 0.29) is 11.1 Å². The van der Waals surface area contributed by atoms with Crippen molar-refractivity contribution in [1.29, 1.82) is 0 Å². The lowest BCUT2D eigenvalue weighted by Gasteiger charge is -2.05. The maximum Gasteiger partial charge on any atom is 0.502 e. The van der Waals surface area contributed by atoms with E-state index in [9.17, 15) is 12.9 Å². The Balaban J connectivity index is 2.75. The average Bonchev–Trinajstić information content (AvgIpc) is 2.02. The molecular formula is C7H5BClF3N-. The summed E-state index contributed by atoms with van der Waals surface area (Å²) < 4.78 is 35.2. The topological polar surface area (TPSA) is 12.9 Å². The minimum Gasteiger partial charge on any atom is -0.445 e. The Hall–Kier alpha value is -0.965. The highest BCUT2D eigenvalue weighted by molar-refractivity contribution is 6.64. The van der Waals surface area contributed by atoms with Crippen LogP contribution in [0.5, 0.6) is 0 Å². The molecule has 0 saturated heterocycles. The Labute approximate surface area is 78.3 Å². The Bertz CT molecular complexity index is 307.